The molecule has 2 aromatic heterocycles. The fourth-order valence-electron chi connectivity index (χ4n) is 3.63. The molecule has 5 N–H and O–H groups in total. The normalized spacial score (nSPS) is 23.2. The second kappa shape index (κ2) is 12.4. The standard InChI is InChI=1S/C15H20N4.C5H11N2.H2O.Os/c1-11-3-5-12(6-4-11)9-19(2)15-13-7-8-16-14(13)17-10-18-15;6-5-1-3-7-4-2-5;;/h7-12H,1,3-6H2,2H3,(H,16,17,18);5H,1-4,6H2;1H2;/q;-1;;+2. The van der Waals surface area contributed by atoms with E-state index in [9.17, 15) is 0 Å². The van der Waals surface area contributed by atoms with Gasteiger partial charge in [-0.1, -0.05) is 25.7 Å². The maximum absolute atomic E-state index is 5.57. The molecule has 0 spiro atoms. The van der Waals surface area contributed by atoms with Crippen LogP contribution in [0.3, 0.4) is 0 Å². The quantitative estimate of drug-likeness (QED) is 0.332. The molecule has 2 aliphatic rings. The summed E-state index contributed by atoms with van der Waals surface area (Å²) in [7, 11) is 2.07. The smallest absolute Gasteiger partial charge is 0.662 e. The van der Waals surface area contributed by atoms with E-state index in [1.807, 2.05) is 12.3 Å². The molecule has 1 saturated heterocycles. The van der Waals surface area contributed by atoms with Crippen molar-refractivity contribution < 1.29 is 29.8 Å². The predicted octanol–water partition coefficient (Wildman–Crippen LogP) is 2.60. The van der Waals surface area contributed by atoms with Gasteiger partial charge in [0.2, 0.25) is 6.33 Å². The van der Waals surface area contributed by atoms with Gasteiger partial charge in [-0.15, -0.1) is 13.1 Å². The van der Waals surface area contributed by atoms with Gasteiger partial charge in [0.15, 0.2) is 0 Å². The zero-order valence-electron chi connectivity index (χ0n) is 16.6. The van der Waals surface area contributed by atoms with Crippen molar-refractivity contribution in [3.63, 3.8) is 0 Å². The van der Waals surface area contributed by atoms with Crippen LogP contribution < -0.4 is 5.73 Å². The number of H-pyrrole nitrogens is 1. The Morgan fingerprint density at radius 3 is 2.46 bits per heavy atom. The van der Waals surface area contributed by atoms with E-state index in [0.29, 0.717) is 17.9 Å². The number of nitrogens with two attached hydrogens (primary N) is 1. The summed E-state index contributed by atoms with van der Waals surface area (Å²) in [5.74, 6) is 2.26. The van der Waals surface area contributed by atoms with Crippen molar-refractivity contribution in [1.29, 1.82) is 0 Å². The van der Waals surface area contributed by atoms with Crippen molar-refractivity contribution in [2.24, 2.45) is 17.6 Å². The van der Waals surface area contributed by atoms with Gasteiger partial charge in [-0.3, -0.25) is 0 Å². The SMILES string of the molecule is NC1CC[N-]CC1.O.[CH2-]C1CCC(C=[N+](C)c2ncnc3[nH]ccc23)CC1.[Os+2]. The molecule has 28 heavy (non-hydrogen) atoms. The van der Waals surface area contributed by atoms with Gasteiger partial charge in [0.1, 0.15) is 11.0 Å². The minimum atomic E-state index is 0. The first-order chi connectivity index (χ1) is 12.6. The van der Waals surface area contributed by atoms with Gasteiger partial charge in [-0.25, -0.2) is 4.58 Å². The molecule has 156 valence electrons. The van der Waals surface area contributed by atoms with Gasteiger partial charge < -0.3 is 28.4 Å². The molecule has 2 fully saturated rings. The number of nitrogens with zero attached hydrogens (tertiary/aromatic N) is 4. The average molecular weight is 564 g/mol. The van der Waals surface area contributed by atoms with Crippen molar-refractivity contribution in [2.75, 3.05) is 20.1 Å². The molecule has 1 saturated carbocycles. The van der Waals surface area contributed by atoms with Crippen LogP contribution in [0.5, 0.6) is 0 Å². The number of aromatic amines is 1. The summed E-state index contributed by atoms with van der Waals surface area (Å²) >= 11 is 0. The molecule has 0 bridgehead atoms. The van der Waals surface area contributed by atoms with Crippen LogP contribution >= 0.6 is 0 Å². The van der Waals surface area contributed by atoms with Crippen LogP contribution in [0.4, 0.5) is 5.82 Å². The second-order valence-corrected chi connectivity index (χ2v) is 7.49. The van der Waals surface area contributed by atoms with E-state index in [1.165, 1.54) is 25.7 Å². The summed E-state index contributed by atoms with van der Waals surface area (Å²) < 4.78 is 2.14. The molecule has 1 aliphatic heterocycles. The minimum absolute atomic E-state index is 0. The number of rotatable bonds is 2. The molecule has 0 amide bonds. The van der Waals surface area contributed by atoms with E-state index in [4.69, 9.17) is 5.73 Å². The van der Waals surface area contributed by atoms with Crippen LogP contribution in [0, 0.1) is 18.8 Å². The Morgan fingerprint density at radius 1 is 1.18 bits per heavy atom. The maximum atomic E-state index is 5.57. The summed E-state index contributed by atoms with van der Waals surface area (Å²) in [5.41, 5.74) is 6.47. The van der Waals surface area contributed by atoms with Crippen LogP contribution in [-0.2, 0) is 19.8 Å². The first-order valence-electron chi connectivity index (χ1n) is 9.71. The number of aromatic nitrogens is 3. The second-order valence-electron chi connectivity index (χ2n) is 7.49. The molecule has 7 nitrogen and oxygen atoms in total. The summed E-state index contributed by atoms with van der Waals surface area (Å²) in [6.07, 6.45) is 13.0. The Hall–Kier alpha value is -1.19. The third-order valence-electron chi connectivity index (χ3n) is 5.31. The Bertz CT molecular complexity index is 720. The third-order valence-corrected chi connectivity index (χ3v) is 5.31. The van der Waals surface area contributed by atoms with E-state index in [1.54, 1.807) is 6.33 Å². The molecule has 4 rings (SSSR count). The van der Waals surface area contributed by atoms with Crippen molar-refractivity contribution in [3.8, 4) is 0 Å². The number of fused-ring (bicyclic) bond motifs is 1. The van der Waals surface area contributed by atoms with Crippen LogP contribution in [0.1, 0.15) is 38.5 Å². The Labute approximate surface area is 181 Å². The monoisotopic (exact) mass is 565 g/mol. The molecule has 0 radical (unpaired) electrons. The van der Waals surface area contributed by atoms with Crippen molar-refractivity contribution in [1.82, 2.24) is 15.0 Å². The zero-order chi connectivity index (χ0) is 18.4. The van der Waals surface area contributed by atoms with E-state index < -0.39 is 0 Å². The Balaban J connectivity index is 0.000000373. The number of hydrogen-bond donors (Lipinski definition) is 2. The summed E-state index contributed by atoms with van der Waals surface area (Å²) in [6, 6.07) is 2.47. The summed E-state index contributed by atoms with van der Waals surface area (Å²) in [4.78, 5) is 11.8. The minimum Gasteiger partial charge on any atom is -0.662 e. The van der Waals surface area contributed by atoms with E-state index in [0.717, 1.165) is 42.8 Å². The van der Waals surface area contributed by atoms with Gasteiger partial charge in [-0.05, 0) is 23.9 Å². The first-order valence-corrected chi connectivity index (χ1v) is 9.71. The van der Waals surface area contributed by atoms with Gasteiger partial charge >= 0.3 is 25.6 Å². The molecule has 3 heterocycles. The van der Waals surface area contributed by atoms with Gasteiger partial charge in [0.05, 0.1) is 13.3 Å². The summed E-state index contributed by atoms with van der Waals surface area (Å²) in [5, 5.41) is 5.22. The largest absolute Gasteiger partial charge is 2.00 e. The third kappa shape index (κ3) is 7.00. The molecule has 0 aromatic carbocycles. The predicted molar refractivity (Wildman–Crippen MR) is 111 cm³/mol. The molecular formula is C20H33N6OOs+. The topological polar surface area (TPSA) is 116 Å². The molecule has 0 unspecified atom stereocenters. The Kier molecular flexibility index (Phi) is 11.0. The molecule has 2 aromatic rings. The van der Waals surface area contributed by atoms with Crippen molar-refractivity contribution in [3.05, 3.63) is 30.8 Å². The van der Waals surface area contributed by atoms with Crippen LogP contribution in [0.15, 0.2) is 18.6 Å². The van der Waals surface area contributed by atoms with Gasteiger partial charge in [0.25, 0.3) is 0 Å². The number of piperidine rings is 1. The maximum Gasteiger partial charge on any atom is 2.00 e. The van der Waals surface area contributed by atoms with E-state index in [2.05, 4.69) is 45.0 Å². The Morgan fingerprint density at radius 2 is 1.86 bits per heavy atom. The van der Waals surface area contributed by atoms with Crippen LogP contribution in [0.25, 0.3) is 16.4 Å². The van der Waals surface area contributed by atoms with Crippen LogP contribution in [-0.4, -0.2) is 57.4 Å². The summed E-state index contributed by atoms with van der Waals surface area (Å²) in [6.45, 7) is 6.13. The van der Waals surface area contributed by atoms with Crippen molar-refractivity contribution in [2.45, 2.75) is 44.6 Å². The number of nitrogens with one attached hydrogen (secondary N) is 1. The number of hydrogen-bond acceptors (Lipinski definition) is 3. The fraction of sp³-hybridized carbons (Fsp3) is 0.600. The van der Waals surface area contributed by atoms with Crippen LogP contribution in [0.2, 0.25) is 0 Å². The molecular weight excluding hydrogens is 530 g/mol. The molecule has 1 aliphatic carbocycles. The fourth-order valence-corrected chi connectivity index (χ4v) is 3.63. The van der Waals surface area contributed by atoms with Crippen molar-refractivity contribution >= 4 is 23.1 Å². The average Bonchev–Trinajstić information content (AvgIpc) is 3.13. The van der Waals surface area contributed by atoms with E-state index >= 15 is 0 Å². The van der Waals surface area contributed by atoms with E-state index in [-0.39, 0.29) is 25.3 Å². The first kappa shape index (κ1) is 24.8. The molecule has 0 atom stereocenters. The van der Waals surface area contributed by atoms with Gasteiger partial charge in [0, 0.05) is 18.2 Å². The molecule has 8 heteroatoms. The zero-order valence-corrected chi connectivity index (χ0v) is 19.2. The van der Waals surface area contributed by atoms with Gasteiger partial charge in [-0.2, -0.15) is 10.9 Å².